The maximum Gasteiger partial charge on any atom is 1.00 e. The molecule has 3 N–H and O–H groups in total. The number of hydrazone groups is 1. The number of benzene rings is 1. The largest absolute Gasteiger partial charge is 1.00 e. The van der Waals surface area contributed by atoms with Crippen molar-refractivity contribution in [1.82, 2.24) is 25.4 Å². The molecule has 0 aliphatic carbocycles. The predicted octanol–water partition coefficient (Wildman–Crippen LogP) is -3.92. The third kappa shape index (κ3) is 5.38. The number of nitrogens with zero attached hydrogens (tertiary/aromatic N) is 4. The summed E-state index contributed by atoms with van der Waals surface area (Å²) in [6.07, 6.45) is 3.05. The number of carboxylic acids is 1. The maximum atomic E-state index is 13.4. The van der Waals surface area contributed by atoms with E-state index in [0.29, 0.717) is 5.71 Å². The first-order valence-electron chi connectivity index (χ1n) is 12.0. The fraction of sp³-hybridized carbons (Fsp3) is 0.417. The number of aliphatic carboxylic acids is 1. The number of β-lactam (4-membered cyclic amide) rings is 1. The van der Waals surface area contributed by atoms with Crippen LogP contribution in [0.25, 0.3) is 0 Å². The Morgan fingerprint density at radius 1 is 1.20 bits per heavy atom. The number of hydrogen-bond acceptors (Lipinski definition) is 10. The molecule has 4 heterocycles. The Hall–Kier alpha value is -3.27. The van der Waals surface area contributed by atoms with E-state index in [1.54, 1.807) is 19.9 Å². The molecule has 0 aromatic heterocycles. The van der Waals surface area contributed by atoms with Crippen molar-refractivity contribution < 1.29 is 68.5 Å². The number of carboxylic acid groups (broad SMARTS) is 1. The van der Waals surface area contributed by atoms with Crippen molar-refractivity contribution in [2.75, 3.05) is 19.7 Å². The normalized spacial score (nSPS) is 26.1. The van der Waals surface area contributed by atoms with Crippen molar-refractivity contribution in [2.24, 2.45) is 5.10 Å². The smallest absolute Gasteiger partial charge is 0.548 e. The van der Waals surface area contributed by atoms with E-state index in [2.05, 4.69) is 15.7 Å². The second kappa shape index (κ2) is 11.3. The van der Waals surface area contributed by atoms with Gasteiger partial charge in [0.2, 0.25) is 11.8 Å². The van der Waals surface area contributed by atoms with Crippen LogP contribution >= 0.6 is 11.8 Å². The Labute approximate surface area is 255 Å². The molecular weight excluding hydrogens is 555 g/mol. The van der Waals surface area contributed by atoms with Crippen molar-refractivity contribution in [2.45, 2.75) is 42.1 Å². The second-order valence-electron chi connectivity index (χ2n) is 9.80. The van der Waals surface area contributed by atoms with Crippen LogP contribution in [-0.4, -0.2) is 97.4 Å². The fourth-order valence-electron chi connectivity index (χ4n) is 4.86. The number of thioether (sulfide) groups is 1. The topological polar surface area (TPSA) is 184 Å². The average molecular weight is 581 g/mol. The molecule has 206 valence electrons. The number of imide groups is 1. The Kier molecular flexibility index (Phi) is 8.40. The van der Waals surface area contributed by atoms with Gasteiger partial charge in [-0.1, -0.05) is 12.1 Å². The Balaban J connectivity index is 0.00000370. The molecule has 3 fully saturated rings. The van der Waals surface area contributed by atoms with Crippen LogP contribution in [0, 0.1) is 0 Å². The summed E-state index contributed by atoms with van der Waals surface area (Å²) in [6.45, 7) is 3.72. The van der Waals surface area contributed by atoms with Crippen molar-refractivity contribution in [3.63, 3.8) is 0 Å². The van der Waals surface area contributed by atoms with Gasteiger partial charge in [0.25, 0.3) is 0 Å². The summed E-state index contributed by atoms with van der Waals surface area (Å²) < 4.78 is 4.22. The summed E-state index contributed by atoms with van der Waals surface area (Å²) >= 11 is 1.23. The zero-order chi connectivity index (χ0) is 28.1. The zero-order valence-corrected chi connectivity index (χ0v) is 24.7. The Morgan fingerprint density at radius 3 is 2.52 bits per heavy atom. The first-order chi connectivity index (χ1) is 18.5. The van der Waals surface area contributed by atoms with E-state index in [9.17, 15) is 34.2 Å². The Morgan fingerprint density at radius 2 is 1.90 bits per heavy atom. The SMILES string of the molecule is CC1(C)S[C@@H]2[C@H](NC(=O)C(NC(=O)N3CCN(N=C4C=COC4)C3=O)c3ccc(O)cc3)C(=O)N2[C@H]1C(=O)[O-].[Na+]. The number of hydrogen-bond donors (Lipinski definition) is 3. The number of phenolic OH excluding ortho intramolecular Hbond substituents is 1. The van der Waals surface area contributed by atoms with Crippen molar-refractivity contribution in [3.05, 3.63) is 42.2 Å². The summed E-state index contributed by atoms with van der Waals surface area (Å²) in [4.78, 5) is 65.9. The third-order valence-electron chi connectivity index (χ3n) is 6.79. The predicted molar refractivity (Wildman–Crippen MR) is 134 cm³/mol. The molecule has 1 aromatic carbocycles. The molecule has 14 nitrogen and oxygen atoms in total. The van der Waals surface area contributed by atoms with Crippen LogP contribution in [0.5, 0.6) is 5.75 Å². The summed E-state index contributed by atoms with van der Waals surface area (Å²) in [5, 5.41) is 31.2. The van der Waals surface area contributed by atoms with Crippen LogP contribution in [-0.2, 0) is 19.1 Å². The van der Waals surface area contributed by atoms with Gasteiger partial charge in [0.05, 0.1) is 31.4 Å². The van der Waals surface area contributed by atoms with Gasteiger partial charge in [-0.05, 0) is 37.6 Å². The van der Waals surface area contributed by atoms with Crippen molar-refractivity contribution in [3.8, 4) is 5.75 Å². The quantitative estimate of drug-likeness (QED) is 0.223. The molecule has 4 aliphatic rings. The van der Waals surface area contributed by atoms with E-state index in [1.807, 2.05) is 0 Å². The number of carbonyl (C=O) groups excluding carboxylic acids is 5. The van der Waals surface area contributed by atoms with E-state index in [4.69, 9.17) is 4.74 Å². The van der Waals surface area contributed by atoms with Crippen LogP contribution in [0.15, 0.2) is 41.7 Å². The molecule has 4 aliphatic heterocycles. The number of urea groups is 2. The van der Waals surface area contributed by atoms with E-state index in [0.717, 1.165) is 9.91 Å². The summed E-state index contributed by atoms with van der Waals surface area (Å²) in [7, 11) is 0. The van der Waals surface area contributed by atoms with Crippen LogP contribution in [0.1, 0.15) is 25.5 Å². The van der Waals surface area contributed by atoms with Gasteiger partial charge in [0.15, 0.2) is 0 Å². The van der Waals surface area contributed by atoms with Gasteiger partial charge >= 0.3 is 41.6 Å². The summed E-state index contributed by atoms with van der Waals surface area (Å²) in [5.41, 5.74) is 0.798. The van der Waals surface area contributed by atoms with Crippen LogP contribution in [0.4, 0.5) is 9.59 Å². The Bertz CT molecular complexity index is 1300. The van der Waals surface area contributed by atoms with Crippen LogP contribution in [0.3, 0.4) is 0 Å². The standard InChI is InChI=1S/C24H26N6O8S.Na/c1-24(2)17(21(34)35)30-19(33)16(20(30)39-24)25-18(32)15(12-3-5-14(31)6-4-12)26-22(36)28-8-9-29(23(28)37)27-13-7-10-38-11-13;/h3-7,10,15-17,20,31H,8-9,11H2,1-2H3,(H,25,32)(H,26,36)(H,34,35);/q;+1/p-1/t15?,16-,17+,20-;/m1./s1. The van der Waals surface area contributed by atoms with Gasteiger partial charge in [-0.15, -0.1) is 11.8 Å². The maximum absolute atomic E-state index is 13.4. The minimum absolute atomic E-state index is 0. The number of aromatic hydroxyl groups is 1. The molecule has 0 bridgehead atoms. The monoisotopic (exact) mass is 580 g/mol. The van der Waals surface area contributed by atoms with E-state index in [-0.39, 0.29) is 60.6 Å². The minimum Gasteiger partial charge on any atom is -0.548 e. The van der Waals surface area contributed by atoms with Crippen molar-refractivity contribution in [1.29, 1.82) is 0 Å². The zero-order valence-electron chi connectivity index (χ0n) is 21.9. The van der Waals surface area contributed by atoms with Gasteiger partial charge in [-0.25, -0.2) is 19.5 Å². The number of rotatable bonds is 6. The van der Waals surface area contributed by atoms with Gasteiger partial charge in [0.1, 0.15) is 35.5 Å². The van der Waals surface area contributed by atoms with Gasteiger partial charge in [-0.3, -0.25) is 9.59 Å². The average Bonchev–Trinajstić information content (AvgIpc) is 3.59. The number of phenols is 1. The first-order valence-corrected chi connectivity index (χ1v) is 12.9. The number of nitrogens with one attached hydrogen (secondary N) is 2. The summed E-state index contributed by atoms with van der Waals surface area (Å²) in [5.74, 6) is -2.78. The molecule has 16 heteroatoms. The van der Waals surface area contributed by atoms with Crippen LogP contribution < -0.4 is 45.3 Å². The molecule has 4 atom stereocenters. The molecule has 6 amide bonds. The van der Waals surface area contributed by atoms with E-state index in [1.165, 1.54) is 47.2 Å². The molecule has 3 saturated heterocycles. The molecule has 5 rings (SSSR count). The van der Waals surface area contributed by atoms with Gasteiger partial charge in [-0.2, -0.15) is 5.10 Å². The third-order valence-corrected chi connectivity index (χ3v) is 8.36. The van der Waals surface area contributed by atoms with E-state index >= 15 is 0 Å². The van der Waals surface area contributed by atoms with E-state index < -0.39 is 58.1 Å². The second-order valence-corrected chi connectivity index (χ2v) is 11.6. The molecule has 40 heavy (non-hydrogen) atoms. The van der Waals surface area contributed by atoms with Gasteiger partial charge in [0, 0.05) is 4.75 Å². The number of amides is 6. The molecule has 1 aromatic rings. The molecule has 0 radical (unpaired) electrons. The van der Waals surface area contributed by atoms with Crippen LogP contribution in [0.2, 0.25) is 0 Å². The summed E-state index contributed by atoms with van der Waals surface area (Å²) in [6, 6.07) is 0.438. The van der Waals surface area contributed by atoms with Crippen molar-refractivity contribution >= 4 is 47.3 Å². The minimum atomic E-state index is -1.38. The number of carbonyl (C=O) groups is 5. The number of ether oxygens (including phenoxy) is 1. The molecule has 0 spiro atoms. The molecule has 1 unspecified atom stereocenters. The van der Waals surface area contributed by atoms with Gasteiger partial charge < -0.3 is 35.3 Å². The molecular formula is C24H25N6NaO8S. The first kappa shape index (κ1) is 29.7. The fourth-order valence-corrected chi connectivity index (χ4v) is 6.48. The molecule has 0 saturated carbocycles. The number of fused-ring (bicyclic) bond motifs is 1.